The summed E-state index contributed by atoms with van der Waals surface area (Å²) in [5, 5.41) is 0. The van der Waals surface area contributed by atoms with E-state index in [9.17, 15) is 4.79 Å². The Balaban J connectivity index is 3.82. The van der Waals surface area contributed by atoms with Crippen LogP contribution in [-0.2, 0) is 4.79 Å². The number of allylic oxidation sites excluding steroid dienone is 3. The van der Waals surface area contributed by atoms with Gasteiger partial charge in [0.25, 0.3) is 0 Å². The van der Waals surface area contributed by atoms with E-state index in [0.29, 0.717) is 12.2 Å². The second-order valence-corrected chi connectivity index (χ2v) is 3.71. The van der Waals surface area contributed by atoms with Crippen LogP contribution in [0.4, 0.5) is 0 Å². The lowest BCUT2D eigenvalue weighted by Crippen LogP contribution is -2.09. The minimum absolute atomic E-state index is 0.162. The third-order valence-corrected chi connectivity index (χ3v) is 2.02. The molecular formula is C12H20O. The van der Waals surface area contributed by atoms with Crippen LogP contribution in [0.3, 0.4) is 0 Å². The molecule has 0 rings (SSSR count). The molecule has 0 aliphatic rings. The van der Waals surface area contributed by atoms with Crippen molar-refractivity contribution in [1.82, 2.24) is 0 Å². The van der Waals surface area contributed by atoms with Gasteiger partial charge in [-0.2, -0.15) is 0 Å². The molecule has 0 N–H and O–H groups in total. The maximum absolute atomic E-state index is 11.4. The Morgan fingerprint density at radius 3 is 2.54 bits per heavy atom. The van der Waals surface area contributed by atoms with Crippen molar-refractivity contribution in [2.75, 3.05) is 0 Å². The Bertz CT molecular complexity index is 197. The first-order valence-corrected chi connectivity index (χ1v) is 4.85. The van der Waals surface area contributed by atoms with E-state index in [2.05, 4.69) is 26.5 Å². The van der Waals surface area contributed by atoms with Crippen LogP contribution in [0.15, 0.2) is 24.3 Å². The molecule has 0 aromatic carbocycles. The molecule has 0 unspecified atom stereocenters. The molecule has 0 radical (unpaired) electrons. The van der Waals surface area contributed by atoms with Crippen LogP contribution in [0.5, 0.6) is 0 Å². The standard InChI is InChI=1S/C12H20O/c1-5-6-7-12(13)11(4)9-8-10(2)3/h5,8,11H,1,6-7,9H2,2-4H3/t11-/m1/s1. The largest absolute Gasteiger partial charge is 0.299 e. The predicted molar refractivity (Wildman–Crippen MR) is 57.7 cm³/mol. The average molecular weight is 180 g/mol. The second-order valence-electron chi connectivity index (χ2n) is 3.71. The zero-order chi connectivity index (χ0) is 10.3. The van der Waals surface area contributed by atoms with Gasteiger partial charge in [-0.1, -0.05) is 24.6 Å². The minimum Gasteiger partial charge on any atom is -0.299 e. The van der Waals surface area contributed by atoms with Gasteiger partial charge in [0.1, 0.15) is 5.78 Å². The first-order chi connectivity index (χ1) is 6.07. The monoisotopic (exact) mass is 180 g/mol. The maximum atomic E-state index is 11.4. The smallest absolute Gasteiger partial charge is 0.136 e. The molecule has 0 saturated heterocycles. The van der Waals surface area contributed by atoms with Gasteiger partial charge < -0.3 is 0 Å². The van der Waals surface area contributed by atoms with Crippen molar-refractivity contribution in [1.29, 1.82) is 0 Å². The molecule has 1 heteroatoms. The highest BCUT2D eigenvalue weighted by Crippen LogP contribution is 2.10. The topological polar surface area (TPSA) is 17.1 Å². The van der Waals surface area contributed by atoms with Crippen molar-refractivity contribution in [3.63, 3.8) is 0 Å². The Hall–Kier alpha value is -0.850. The Labute approximate surface area is 81.5 Å². The molecule has 1 nitrogen and oxygen atoms in total. The molecule has 0 aliphatic carbocycles. The molecule has 0 aromatic heterocycles. The van der Waals surface area contributed by atoms with Crippen molar-refractivity contribution < 1.29 is 4.79 Å². The van der Waals surface area contributed by atoms with Crippen LogP contribution in [0.2, 0.25) is 0 Å². The lowest BCUT2D eigenvalue weighted by atomic mass is 9.98. The van der Waals surface area contributed by atoms with E-state index in [4.69, 9.17) is 0 Å². The molecule has 0 bridgehead atoms. The van der Waals surface area contributed by atoms with Crippen molar-refractivity contribution >= 4 is 5.78 Å². The molecule has 0 amide bonds. The molecule has 0 aliphatic heterocycles. The highest BCUT2D eigenvalue weighted by molar-refractivity contribution is 5.80. The maximum Gasteiger partial charge on any atom is 0.136 e. The summed E-state index contributed by atoms with van der Waals surface area (Å²) in [6, 6.07) is 0. The number of hydrogen-bond donors (Lipinski definition) is 0. The third kappa shape index (κ3) is 6.32. The van der Waals surface area contributed by atoms with Gasteiger partial charge >= 0.3 is 0 Å². The van der Waals surface area contributed by atoms with E-state index in [1.807, 2.05) is 6.92 Å². The number of ketones is 1. The molecule has 0 spiro atoms. The van der Waals surface area contributed by atoms with Gasteiger partial charge in [0.2, 0.25) is 0 Å². The van der Waals surface area contributed by atoms with Crippen molar-refractivity contribution in [2.45, 2.75) is 40.0 Å². The number of carbonyl (C=O) groups is 1. The fourth-order valence-electron chi connectivity index (χ4n) is 1.03. The van der Waals surface area contributed by atoms with Crippen LogP contribution in [0.25, 0.3) is 0 Å². The molecule has 0 fully saturated rings. The van der Waals surface area contributed by atoms with Crippen LogP contribution in [0.1, 0.15) is 40.0 Å². The number of rotatable bonds is 6. The van der Waals surface area contributed by atoms with Gasteiger partial charge in [-0.15, -0.1) is 6.58 Å². The summed E-state index contributed by atoms with van der Waals surface area (Å²) in [6.45, 7) is 9.71. The molecule has 1 atom stereocenters. The fourth-order valence-corrected chi connectivity index (χ4v) is 1.03. The first kappa shape index (κ1) is 12.2. The molecule has 74 valence electrons. The van der Waals surface area contributed by atoms with Crippen molar-refractivity contribution in [3.05, 3.63) is 24.3 Å². The lowest BCUT2D eigenvalue weighted by molar-refractivity contribution is -0.122. The van der Waals surface area contributed by atoms with Gasteiger partial charge in [-0.3, -0.25) is 4.79 Å². The molecule has 13 heavy (non-hydrogen) atoms. The molecule has 0 heterocycles. The summed E-state index contributed by atoms with van der Waals surface area (Å²) in [5.74, 6) is 0.507. The number of hydrogen-bond acceptors (Lipinski definition) is 1. The summed E-state index contributed by atoms with van der Waals surface area (Å²) in [4.78, 5) is 11.4. The van der Waals surface area contributed by atoms with Crippen molar-refractivity contribution in [2.24, 2.45) is 5.92 Å². The van der Waals surface area contributed by atoms with Gasteiger partial charge in [0.05, 0.1) is 0 Å². The molecule has 0 saturated carbocycles. The lowest BCUT2D eigenvalue weighted by Gasteiger charge is -2.06. The minimum atomic E-state index is 0.162. The van der Waals surface area contributed by atoms with Crippen LogP contribution < -0.4 is 0 Å². The third-order valence-electron chi connectivity index (χ3n) is 2.02. The van der Waals surface area contributed by atoms with E-state index in [-0.39, 0.29) is 5.92 Å². The van der Waals surface area contributed by atoms with Gasteiger partial charge in [0.15, 0.2) is 0 Å². The van der Waals surface area contributed by atoms with Crippen LogP contribution in [0, 0.1) is 5.92 Å². The predicted octanol–water partition coefficient (Wildman–Crippen LogP) is 3.51. The van der Waals surface area contributed by atoms with Gasteiger partial charge in [-0.25, -0.2) is 0 Å². The zero-order valence-corrected chi connectivity index (χ0v) is 8.97. The van der Waals surface area contributed by atoms with E-state index in [0.717, 1.165) is 12.8 Å². The van der Waals surface area contributed by atoms with Crippen LogP contribution >= 0.6 is 0 Å². The molecule has 0 aromatic rings. The van der Waals surface area contributed by atoms with E-state index >= 15 is 0 Å². The van der Waals surface area contributed by atoms with Gasteiger partial charge in [0, 0.05) is 12.3 Å². The zero-order valence-electron chi connectivity index (χ0n) is 8.97. The van der Waals surface area contributed by atoms with Crippen molar-refractivity contribution in [3.8, 4) is 0 Å². The quantitative estimate of drug-likeness (QED) is 0.572. The summed E-state index contributed by atoms with van der Waals surface area (Å²) >= 11 is 0. The van der Waals surface area contributed by atoms with E-state index < -0.39 is 0 Å². The van der Waals surface area contributed by atoms with Gasteiger partial charge in [-0.05, 0) is 26.7 Å². The Morgan fingerprint density at radius 2 is 2.08 bits per heavy atom. The Morgan fingerprint density at radius 1 is 1.46 bits per heavy atom. The van der Waals surface area contributed by atoms with E-state index in [1.165, 1.54) is 5.57 Å². The number of carbonyl (C=O) groups excluding carboxylic acids is 1. The summed E-state index contributed by atoms with van der Waals surface area (Å²) in [6.07, 6.45) is 6.24. The fraction of sp³-hybridized carbons (Fsp3) is 0.583. The average Bonchev–Trinajstić information content (AvgIpc) is 2.10. The highest BCUT2D eigenvalue weighted by atomic mass is 16.1. The number of Topliss-reactive ketones (excluding diaryl/α,β-unsaturated/α-hetero) is 1. The van der Waals surface area contributed by atoms with E-state index in [1.54, 1.807) is 6.08 Å². The SMILES string of the molecule is C=CCCC(=O)[C@H](C)CC=C(C)C. The first-order valence-electron chi connectivity index (χ1n) is 4.85. The Kier molecular flexibility index (Phi) is 6.21. The second kappa shape index (κ2) is 6.64. The summed E-state index contributed by atoms with van der Waals surface area (Å²) in [7, 11) is 0. The summed E-state index contributed by atoms with van der Waals surface area (Å²) in [5.41, 5.74) is 1.28. The normalized spacial score (nSPS) is 11.9. The van der Waals surface area contributed by atoms with Crippen LogP contribution in [-0.4, -0.2) is 5.78 Å². The highest BCUT2D eigenvalue weighted by Gasteiger charge is 2.09. The molecular weight excluding hydrogens is 160 g/mol. The summed E-state index contributed by atoms with van der Waals surface area (Å²) < 4.78 is 0.